The Morgan fingerprint density at radius 1 is 1.55 bits per heavy atom. The van der Waals surface area contributed by atoms with Gasteiger partial charge in [-0.1, -0.05) is 36.4 Å². The molecule has 0 radical (unpaired) electrons. The first kappa shape index (κ1) is 15.6. The highest BCUT2D eigenvalue weighted by atomic mass is 35.5. The van der Waals surface area contributed by atoms with Crippen LogP contribution in [0.3, 0.4) is 0 Å². The van der Waals surface area contributed by atoms with Crippen molar-refractivity contribution in [3.63, 3.8) is 0 Å². The van der Waals surface area contributed by atoms with Gasteiger partial charge in [-0.2, -0.15) is 0 Å². The molecular weight excluding hydrogens is 310 g/mol. The molecule has 2 rings (SSSR count). The van der Waals surface area contributed by atoms with Gasteiger partial charge < -0.3 is 5.32 Å². The van der Waals surface area contributed by atoms with Gasteiger partial charge >= 0.3 is 0 Å². The number of nitrogens with zero attached hydrogens (tertiary/aromatic N) is 2. The molecule has 0 saturated carbocycles. The smallest absolute Gasteiger partial charge is 0.179 e. The Kier molecular flexibility index (Phi) is 5.29. The summed E-state index contributed by atoms with van der Waals surface area (Å²) in [7, 11) is 0. The number of benzene rings is 1. The van der Waals surface area contributed by atoms with Gasteiger partial charge in [-0.3, -0.25) is 9.89 Å². The van der Waals surface area contributed by atoms with E-state index in [2.05, 4.69) is 36.0 Å². The van der Waals surface area contributed by atoms with Gasteiger partial charge in [0.1, 0.15) is 0 Å². The van der Waals surface area contributed by atoms with Crippen molar-refractivity contribution >= 4 is 51.5 Å². The van der Waals surface area contributed by atoms with E-state index in [0.717, 1.165) is 17.4 Å². The van der Waals surface area contributed by atoms with Crippen molar-refractivity contribution in [2.24, 2.45) is 4.99 Å². The third kappa shape index (κ3) is 4.11. The summed E-state index contributed by atoms with van der Waals surface area (Å²) in [6.45, 7) is 7.20. The van der Waals surface area contributed by atoms with Gasteiger partial charge in [0.2, 0.25) is 0 Å². The zero-order valence-electron chi connectivity index (χ0n) is 11.8. The fourth-order valence-electron chi connectivity index (χ4n) is 1.86. The summed E-state index contributed by atoms with van der Waals surface area (Å²) in [4.78, 5) is 6.70. The minimum absolute atomic E-state index is 0.263. The minimum Gasteiger partial charge on any atom is -0.332 e. The van der Waals surface area contributed by atoms with E-state index < -0.39 is 0 Å². The van der Waals surface area contributed by atoms with Crippen molar-refractivity contribution in [3.8, 4) is 0 Å². The summed E-state index contributed by atoms with van der Waals surface area (Å²) in [5.74, 6) is 0. The third-order valence-electron chi connectivity index (χ3n) is 2.67. The summed E-state index contributed by atoms with van der Waals surface area (Å²) < 4.78 is 0. The Morgan fingerprint density at radius 3 is 2.95 bits per heavy atom. The van der Waals surface area contributed by atoms with E-state index in [-0.39, 0.29) is 6.04 Å². The van der Waals surface area contributed by atoms with Gasteiger partial charge in [0.15, 0.2) is 10.3 Å². The summed E-state index contributed by atoms with van der Waals surface area (Å²) in [5, 5.41) is 6.07. The van der Waals surface area contributed by atoms with E-state index in [9.17, 15) is 0 Å². The number of halogens is 1. The van der Waals surface area contributed by atoms with E-state index >= 15 is 0 Å². The maximum absolute atomic E-state index is 5.98. The number of nitrogens with one attached hydrogen (secondary N) is 1. The molecule has 1 aliphatic heterocycles. The van der Waals surface area contributed by atoms with Gasteiger partial charge in [-0.25, -0.2) is 0 Å². The second-order valence-corrected chi connectivity index (χ2v) is 7.21. The second-order valence-electron chi connectivity index (χ2n) is 4.98. The molecule has 1 aromatic rings. The molecule has 0 aromatic heterocycles. The molecule has 1 aliphatic rings. The maximum Gasteiger partial charge on any atom is 0.179 e. The predicted molar refractivity (Wildman–Crippen MR) is 94.0 cm³/mol. The van der Waals surface area contributed by atoms with Crippen LogP contribution in [0.2, 0.25) is 5.02 Å². The largest absolute Gasteiger partial charge is 0.332 e. The predicted octanol–water partition coefficient (Wildman–Crippen LogP) is 4.24. The average molecular weight is 328 g/mol. The van der Waals surface area contributed by atoms with Crippen molar-refractivity contribution in [1.29, 1.82) is 0 Å². The van der Waals surface area contributed by atoms with Crippen LogP contribution in [0.4, 0.5) is 5.69 Å². The van der Waals surface area contributed by atoms with Crippen molar-refractivity contribution < 1.29 is 0 Å². The molecule has 20 heavy (non-hydrogen) atoms. The van der Waals surface area contributed by atoms with Crippen molar-refractivity contribution in [2.75, 3.05) is 11.9 Å². The molecule has 0 amide bonds. The summed E-state index contributed by atoms with van der Waals surface area (Å²) in [5.41, 5.74) is 0.899. The lowest BCUT2D eigenvalue weighted by Gasteiger charge is -2.20. The molecular formula is C14H18ClN3S2. The monoisotopic (exact) mass is 327 g/mol. The molecule has 0 spiro atoms. The van der Waals surface area contributed by atoms with Crippen LogP contribution in [-0.4, -0.2) is 33.0 Å². The first-order valence-electron chi connectivity index (χ1n) is 6.54. The van der Waals surface area contributed by atoms with Crippen LogP contribution in [0.15, 0.2) is 29.3 Å². The van der Waals surface area contributed by atoms with Gasteiger partial charge in [0.05, 0.1) is 0 Å². The third-order valence-corrected chi connectivity index (χ3v) is 4.31. The molecule has 1 saturated heterocycles. The zero-order chi connectivity index (χ0) is 14.7. The quantitative estimate of drug-likeness (QED) is 0.822. The fraction of sp³-hybridized carbons (Fsp3) is 0.429. The van der Waals surface area contributed by atoms with Crippen LogP contribution in [0, 0.1) is 0 Å². The summed E-state index contributed by atoms with van der Waals surface area (Å²) in [6, 6.07) is 7.82. The Bertz CT molecular complexity index is 531. The van der Waals surface area contributed by atoms with Gasteiger partial charge in [-0.15, -0.1) is 0 Å². The maximum atomic E-state index is 5.98. The minimum atomic E-state index is 0.263. The van der Waals surface area contributed by atoms with Crippen LogP contribution in [0.25, 0.3) is 0 Å². The lowest BCUT2D eigenvalue weighted by atomic mass is 10.3. The number of hydrogen-bond donors (Lipinski definition) is 1. The second kappa shape index (κ2) is 6.78. The number of thioether (sulfide) groups is 1. The number of amidine groups is 1. The highest BCUT2D eigenvalue weighted by molar-refractivity contribution is 8.14. The van der Waals surface area contributed by atoms with Crippen molar-refractivity contribution in [3.05, 3.63) is 29.3 Å². The average Bonchev–Trinajstić information content (AvgIpc) is 2.69. The molecule has 0 aliphatic carbocycles. The molecule has 3 nitrogen and oxygen atoms in total. The highest BCUT2D eigenvalue weighted by Gasteiger charge is 2.28. The van der Waals surface area contributed by atoms with Gasteiger partial charge in [-0.05, 0) is 44.3 Å². The van der Waals surface area contributed by atoms with Crippen LogP contribution in [0.5, 0.6) is 0 Å². The molecule has 1 unspecified atom stereocenters. The normalized spacial score (nSPS) is 20.8. The van der Waals surface area contributed by atoms with Crippen LogP contribution in [-0.2, 0) is 0 Å². The van der Waals surface area contributed by atoms with Crippen LogP contribution >= 0.6 is 35.6 Å². The summed E-state index contributed by atoms with van der Waals surface area (Å²) in [6.07, 6.45) is 0. The molecule has 1 heterocycles. The van der Waals surface area contributed by atoms with Crippen LogP contribution < -0.4 is 5.32 Å². The molecule has 1 aromatic carbocycles. The van der Waals surface area contributed by atoms with E-state index in [4.69, 9.17) is 23.8 Å². The molecule has 6 heteroatoms. The lowest BCUT2D eigenvalue weighted by Crippen LogP contribution is -2.36. The summed E-state index contributed by atoms with van der Waals surface area (Å²) >= 11 is 13.2. The number of aliphatic imine (C=N–C) groups is 1. The number of anilines is 1. The Labute approximate surface area is 134 Å². The number of rotatable bonds is 2. The van der Waals surface area contributed by atoms with E-state index in [1.807, 2.05) is 24.3 Å². The standard InChI is InChI=1S/C14H18ClN3S2/c1-9(2)16-14-18(8-10(3)20-14)13(19)17-12-6-4-5-11(15)7-12/h4-7,9-10H,8H2,1-3H3,(H,17,19). The molecule has 0 bridgehead atoms. The van der Waals surface area contributed by atoms with Crippen LogP contribution in [0.1, 0.15) is 20.8 Å². The van der Waals surface area contributed by atoms with Gasteiger partial charge in [0.25, 0.3) is 0 Å². The van der Waals surface area contributed by atoms with Crippen molar-refractivity contribution in [1.82, 2.24) is 4.90 Å². The zero-order valence-corrected chi connectivity index (χ0v) is 14.1. The topological polar surface area (TPSA) is 27.6 Å². The van der Waals surface area contributed by atoms with E-state index in [0.29, 0.717) is 15.4 Å². The number of thiocarbonyl (C=S) groups is 1. The Hall–Kier alpha value is -0.780. The van der Waals surface area contributed by atoms with Gasteiger partial charge in [0, 0.05) is 28.5 Å². The number of hydrogen-bond acceptors (Lipinski definition) is 3. The van der Waals surface area contributed by atoms with E-state index in [1.165, 1.54) is 0 Å². The fourth-order valence-corrected chi connectivity index (χ4v) is 3.54. The molecule has 108 valence electrons. The molecule has 1 atom stereocenters. The first-order valence-corrected chi connectivity index (χ1v) is 8.21. The molecule has 1 N–H and O–H groups in total. The molecule has 1 fully saturated rings. The lowest BCUT2D eigenvalue weighted by molar-refractivity contribution is 0.633. The highest BCUT2D eigenvalue weighted by Crippen LogP contribution is 2.27. The SMILES string of the molecule is CC(C)N=C1SC(C)CN1C(=S)Nc1cccc(Cl)c1. The Balaban J connectivity index is 2.11. The first-order chi connectivity index (χ1) is 9.45. The van der Waals surface area contributed by atoms with E-state index in [1.54, 1.807) is 11.8 Å². The Morgan fingerprint density at radius 2 is 2.30 bits per heavy atom. The van der Waals surface area contributed by atoms with Crippen molar-refractivity contribution in [2.45, 2.75) is 32.1 Å².